The van der Waals surface area contributed by atoms with Crippen LogP contribution in [-0.4, -0.2) is 24.2 Å². The second kappa shape index (κ2) is 6.08. The Morgan fingerprint density at radius 1 is 1.71 bits per heavy atom. The molecule has 1 aromatic heterocycles. The maximum Gasteiger partial charge on any atom is 0.0940 e. The lowest BCUT2D eigenvalue weighted by Gasteiger charge is -2.18. The molecule has 0 fully saturated rings. The van der Waals surface area contributed by atoms with Crippen LogP contribution in [0.25, 0.3) is 0 Å². The Bertz CT molecular complexity index is 240. The zero-order chi connectivity index (χ0) is 10.4. The van der Waals surface area contributed by atoms with Crippen molar-refractivity contribution < 1.29 is 4.74 Å². The van der Waals surface area contributed by atoms with E-state index in [-0.39, 0.29) is 12.1 Å². The van der Waals surface area contributed by atoms with E-state index in [9.17, 15) is 0 Å². The number of aromatic nitrogens is 1. The second-order valence-corrected chi connectivity index (χ2v) is 4.25. The standard InChI is InChI=1S/C9H17N3OS/c1-7(13-2)5-8(12-10)6-9-11-3-4-14-9/h3-4,7-8,12H,5-6,10H2,1-2H3. The highest BCUT2D eigenvalue weighted by molar-refractivity contribution is 7.09. The first-order valence-corrected chi connectivity index (χ1v) is 5.51. The smallest absolute Gasteiger partial charge is 0.0940 e. The summed E-state index contributed by atoms with van der Waals surface area (Å²) in [7, 11) is 1.71. The number of hydrazine groups is 1. The van der Waals surface area contributed by atoms with Crippen molar-refractivity contribution in [3.63, 3.8) is 0 Å². The van der Waals surface area contributed by atoms with Crippen molar-refractivity contribution in [1.82, 2.24) is 10.4 Å². The Labute approximate surface area is 88.5 Å². The van der Waals surface area contributed by atoms with Gasteiger partial charge in [-0.05, 0) is 13.3 Å². The molecule has 0 spiro atoms. The van der Waals surface area contributed by atoms with Crippen molar-refractivity contribution in [3.8, 4) is 0 Å². The van der Waals surface area contributed by atoms with Gasteiger partial charge in [0.15, 0.2) is 0 Å². The molecule has 0 aliphatic carbocycles. The first kappa shape index (κ1) is 11.6. The minimum atomic E-state index is 0.219. The Hall–Kier alpha value is -0.490. The molecule has 5 heteroatoms. The van der Waals surface area contributed by atoms with E-state index >= 15 is 0 Å². The highest BCUT2D eigenvalue weighted by Gasteiger charge is 2.13. The Morgan fingerprint density at radius 2 is 2.50 bits per heavy atom. The minimum Gasteiger partial charge on any atom is -0.382 e. The first-order valence-electron chi connectivity index (χ1n) is 4.63. The predicted molar refractivity (Wildman–Crippen MR) is 58.0 cm³/mol. The Morgan fingerprint density at radius 3 is 3.00 bits per heavy atom. The van der Waals surface area contributed by atoms with Gasteiger partial charge in [-0.3, -0.25) is 11.3 Å². The molecule has 2 atom stereocenters. The van der Waals surface area contributed by atoms with Crippen LogP contribution in [0.15, 0.2) is 11.6 Å². The number of thiazole rings is 1. The third-order valence-electron chi connectivity index (χ3n) is 2.16. The predicted octanol–water partition coefficient (Wildman–Crippen LogP) is 0.942. The number of nitrogens with zero attached hydrogens (tertiary/aromatic N) is 1. The van der Waals surface area contributed by atoms with Crippen LogP contribution in [0, 0.1) is 0 Å². The van der Waals surface area contributed by atoms with E-state index in [0.29, 0.717) is 0 Å². The van der Waals surface area contributed by atoms with E-state index in [0.717, 1.165) is 17.8 Å². The van der Waals surface area contributed by atoms with Gasteiger partial charge < -0.3 is 4.74 Å². The number of methoxy groups -OCH3 is 1. The lowest BCUT2D eigenvalue weighted by atomic mass is 10.1. The molecule has 0 aliphatic rings. The van der Waals surface area contributed by atoms with Gasteiger partial charge in [-0.1, -0.05) is 0 Å². The van der Waals surface area contributed by atoms with Gasteiger partial charge in [0.2, 0.25) is 0 Å². The minimum absolute atomic E-state index is 0.219. The molecular formula is C9H17N3OS. The summed E-state index contributed by atoms with van der Waals surface area (Å²) in [6, 6.07) is 0.232. The number of nitrogens with two attached hydrogens (primary N) is 1. The molecule has 0 bridgehead atoms. The molecular weight excluding hydrogens is 198 g/mol. The quantitative estimate of drug-likeness (QED) is 0.548. The molecule has 1 rings (SSSR count). The van der Waals surface area contributed by atoms with Gasteiger partial charge in [0.25, 0.3) is 0 Å². The van der Waals surface area contributed by atoms with Gasteiger partial charge in [0.1, 0.15) is 0 Å². The molecule has 4 nitrogen and oxygen atoms in total. The molecule has 0 saturated heterocycles. The first-order chi connectivity index (χ1) is 6.76. The van der Waals surface area contributed by atoms with Crippen molar-refractivity contribution in [1.29, 1.82) is 0 Å². The number of rotatable bonds is 6. The number of ether oxygens (including phenoxy) is 1. The van der Waals surface area contributed by atoms with E-state index < -0.39 is 0 Å². The molecule has 2 unspecified atom stereocenters. The summed E-state index contributed by atoms with van der Waals surface area (Å²) in [5.74, 6) is 5.46. The zero-order valence-corrected chi connectivity index (χ0v) is 9.38. The van der Waals surface area contributed by atoms with Gasteiger partial charge in [-0.15, -0.1) is 11.3 Å². The summed E-state index contributed by atoms with van der Waals surface area (Å²) in [5, 5.41) is 3.08. The van der Waals surface area contributed by atoms with Gasteiger partial charge in [-0.2, -0.15) is 0 Å². The summed E-state index contributed by atoms with van der Waals surface area (Å²) in [4.78, 5) is 4.22. The van der Waals surface area contributed by atoms with Crippen LogP contribution >= 0.6 is 11.3 Å². The fourth-order valence-electron chi connectivity index (χ4n) is 1.27. The van der Waals surface area contributed by atoms with E-state index in [4.69, 9.17) is 10.6 Å². The highest BCUT2D eigenvalue weighted by atomic mass is 32.1. The molecule has 3 N–H and O–H groups in total. The van der Waals surface area contributed by atoms with E-state index in [2.05, 4.69) is 10.4 Å². The molecule has 1 aromatic rings. The van der Waals surface area contributed by atoms with Crippen LogP contribution in [0.3, 0.4) is 0 Å². The molecule has 0 radical (unpaired) electrons. The summed E-state index contributed by atoms with van der Waals surface area (Å²) in [6.45, 7) is 2.03. The average Bonchev–Trinajstić information content (AvgIpc) is 2.69. The van der Waals surface area contributed by atoms with E-state index in [1.807, 2.05) is 18.5 Å². The van der Waals surface area contributed by atoms with Crippen LogP contribution in [-0.2, 0) is 11.2 Å². The van der Waals surface area contributed by atoms with Gasteiger partial charge >= 0.3 is 0 Å². The summed E-state index contributed by atoms with van der Waals surface area (Å²) >= 11 is 1.65. The van der Waals surface area contributed by atoms with Crippen molar-refractivity contribution in [2.75, 3.05) is 7.11 Å². The van der Waals surface area contributed by atoms with Crippen molar-refractivity contribution in [2.24, 2.45) is 5.84 Å². The average molecular weight is 215 g/mol. The Balaban J connectivity index is 2.39. The molecule has 80 valence electrons. The largest absolute Gasteiger partial charge is 0.382 e. The van der Waals surface area contributed by atoms with Crippen molar-refractivity contribution in [2.45, 2.75) is 31.9 Å². The van der Waals surface area contributed by atoms with Crippen molar-refractivity contribution >= 4 is 11.3 Å². The molecule has 14 heavy (non-hydrogen) atoms. The summed E-state index contributed by atoms with van der Waals surface area (Å²) in [5.41, 5.74) is 2.79. The SMILES string of the molecule is COC(C)CC(Cc1nccs1)NN. The van der Waals surface area contributed by atoms with Gasteiger partial charge in [0.05, 0.1) is 11.1 Å². The fourth-order valence-corrected chi connectivity index (χ4v) is 1.97. The summed E-state index contributed by atoms with van der Waals surface area (Å²) < 4.78 is 5.19. The molecule has 0 amide bonds. The highest BCUT2D eigenvalue weighted by Crippen LogP contribution is 2.10. The van der Waals surface area contributed by atoms with Crippen LogP contribution in [0.4, 0.5) is 0 Å². The molecule has 0 aliphatic heterocycles. The fraction of sp³-hybridized carbons (Fsp3) is 0.667. The lowest BCUT2D eigenvalue weighted by Crippen LogP contribution is -2.39. The van der Waals surface area contributed by atoms with Crippen LogP contribution in [0.1, 0.15) is 18.4 Å². The maximum atomic E-state index is 5.46. The second-order valence-electron chi connectivity index (χ2n) is 3.28. The van der Waals surface area contributed by atoms with Crippen LogP contribution in [0.5, 0.6) is 0 Å². The summed E-state index contributed by atoms with van der Waals surface area (Å²) in [6.07, 6.45) is 3.79. The van der Waals surface area contributed by atoms with Gasteiger partial charge in [-0.25, -0.2) is 4.98 Å². The molecule has 1 heterocycles. The van der Waals surface area contributed by atoms with Crippen LogP contribution in [0.2, 0.25) is 0 Å². The zero-order valence-electron chi connectivity index (χ0n) is 8.56. The van der Waals surface area contributed by atoms with E-state index in [1.54, 1.807) is 18.4 Å². The maximum absolute atomic E-state index is 5.46. The Kier molecular flexibility index (Phi) is 5.03. The van der Waals surface area contributed by atoms with Gasteiger partial charge in [0, 0.05) is 31.1 Å². The van der Waals surface area contributed by atoms with Crippen LogP contribution < -0.4 is 11.3 Å². The van der Waals surface area contributed by atoms with Crippen molar-refractivity contribution in [3.05, 3.63) is 16.6 Å². The normalized spacial score (nSPS) is 15.4. The number of nitrogens with one attached hydrogen (secondary N) is 1. The molecule has 0 saturated carbocycles. The third kappa shape index (κ3) is 3.71. The number of hydrogen-bond acceptors (Lipinski definition) is 5. The lowest BCUT2D eigenvalue weighted by molar-refractivity contribution is 0.100. The molecule has 0 aromatic carbocycles. The third-order valence-corrected chi connectivity index (χ3v) is 2.96. The number of hydrogen-bond donors (Lipinski definition) is 2. The van der Waals surface area contributed by atoms with E-state index in [1.165, 1.54) is 0 Å². The monoisotopic (exact) mass is 215 g/mol. The topological polar surface area (TPSA) is 60.2 Å².